The second-order valence-corrected chi connectivity index (χ2v) is 3.76. The van der Waals surface area contributed by atoms with Gasteiger partial charge in [-0.1, -0.05) is 0 Å². The molecule has 5 nitrogen and oxygen atoms in total. The van der Waals surface area contributed by atoms with Crippen LogP contribution in [0.5, 0.6) is 11.5 Å². The van der Waals surface area contributed by atoms with Crippen molar-refractivity contribution in [2.75, 3.05) is 0 Å². The number of aromatic carboxylic acids is 1. The van der Waals surface area contributed by atoms with Gasteiger partial charge in [0.15, 0.2) is 11.5 Å². The van der Waals surface area contributed by atoms with E-state index >= 15 is 0 Å². The van der Waals surface area contributed by atoms with E-state index in [0.29, 0.717) is 18.2 Å². The number of ether oxygens (including phenoxy) is 2. The van der Waals surface area contributed by atoms with Crippen LogP contribution in [0.15, 0.2) is 18.2 Å². The van der Waals surface area contributed by atoms with Crippen molar-refractivity contribution in [3.8, 4) is 11.5 Å². The quantitative estimate of drug-likeness (QED) is 0.478. The molecular weight excluding hydrogens is 326 g/mol. The smallest absolute Gasteiger partial charge is 0.545 e. The molecule has 0 N–H and O–H groups in total. The van der Waals surface area contributed by atoms with Crippen LogP contribution in [-0.2, 0) is 4.79 Å². The number of rotatable bonds is 4. The monoisotopic (exact) mass is 331 g/mol. The number of carboxylic acids is 1. The summed E-state index contributed by atoms with van der Waals surface area (Å²) < 4.78 is 79.8. The molecule has 0 fully saturated rings. The second-order valence-electron chi connectivity index (χ2n) is 3.76. The molecule has 0 atom stereocenters. The predicted molar refractivity (Wildman–Crippen MR) is 53.8 cm³/mol. The molecule has 0 saturated carbocycles. The van der Waals surface area contributed by atoms with Crippen LogP contribution in [0, 0.1) is 0 Å². The molecule has 0 aromatic heterocycles. The van der Waals surface area contributed by atoms with Gasteiger partial charge in [0.25, 0.3) is 0 Å². The molecule has 0 heterocycles. The molecule has 22 heavy (non-hydrogen) atoms. The highest BCUT2D eigenvalue weighted by Crippen LogP contribution is 2.34. The van der Waals surface area contributed by atoms with Gasteiger partial charge in [0.05, 0.1) is 5.97 Å². The molecule has 0 aliphatic heterocycles. The first-order chi connectivity index (χ1) is 9.87. The molecule has 11 heteroatoms. The molecular formula is C11H5F6O5-. The average Bonchev–Trinajstić information content (AvgIpc) is 2.26. The van der Waals surface area contributed by atoms with Gasteiger partial charge in [-0.05, 0) is 18.2 Å². The van der Waals surface area contributed by atoms with E-state index in [4.69, 9.17) is 0 Å². The lowest BCUT2D eigenvalue weighted by molar-refractivity contribution is -0.275. The summed E-state index contributed by atoms with van der Waals surface area (Å²) in [5.74, 6) is -6.05. The van der Waals surface area contributed by atoms with E-state index in [9.17, 15) is 41.0 Å². The summed E-state index contributed by atoms with van der Waals surface area (Å²) in [6.07, 6.45) is -12.2. The van der Waals surface area contributed by atoms with Gasteiger partial charge in [-0.2, -0.15) is 13.2 Å². The SMILES string of the molecule is O=C(CC(F)(F)F)Oc1ccc(C(=O)[O-])cc1OC(F)(F)F. The Balaban J connectivity index is 3.07. The molecule has 0 aliphatic rings. The predicted octanol–water partition coefficient (Wildman–Crippen LogP) is 1.81. The Morgan fingerprint density at radius 1 is 1.05 bits per heavy atom. The number of hydrogen-bond donors (Lipinski definition) is 0. The summed E-state index contributed by atoms with van der Waals surface area (Å²) in [7, 11) is 0. The normalized spacial score (nSPS) is 11.9. The topological polar surface area (TPSA) is 75.7 Å². The Morgan fingerprint density at radius 3 is 2.09 bits per heavy atom. The van der Waals surface area contributed by atoms with Crippen molar-refractivity contribution >= 4 is 11.9 Å². The minimum Gasteiger partial charge on any atom is -0.545 e. The summed E-state index contributed by atoms with van der Waals surface area (Å²) >= 11 is 0. The van der Waals surface area contributed by atoms with Crippen LogP contribution in [0.2, 0.25) is 0 Å². The van der Waals surface area contributed by atoms with Gasteiger partial charge < -0.3 is 19.4 Å². The van der Waals surface area contributed by atoms with Crippen molar-refractivity contribution in [3.63, 3.8) is 0 Å². The van der Waals surface area contributed by atoms with Crippen LogP contribution in [0.4, 0.5) is 26.3 Å². The lowest BCUT2D eigenvalue weighted by Gasteiger charge is -2.15. The van der Waals surface area contributed by atoms with E-state index in [1.54, 1.807) is 0 Å². The molecule has 0 bridgehead atoms. The van der Waals surface area contributed by atoms with Crippen molar-refractivity contribution in [3.05, 3.63) is 23.8 Å². The third kappa shape index (κ3) is 5.89. The zero-order valence-corrected chi connectivity index (χ0v) is 10.2. The number of carbonyl (C=O) groups excluding carboxylic acids is 2. The van der Waals surface area contributed by atoms with Crippen molar-refractivity contribution in [1.82, 2.24) is 0 Å². The van der Waals surface area contributed by atoms with E-state index < -0.39 is 48.0 Å². The minimum atomic E-state index is -5.28. The number of hydrogen-bond acceptors (Lipinski definition) is 5. The number of halogens is 6. The van der Waals surface area contributed by atoms with Crippen LogP contribution in [-0.4, -0.2) is 24.5 Å². The first kappa shape index (κ1) is 17.6. The fourth-order valence-corrected chi connectivity index (χ4v) is 1.25. The first-order valence-corrected chi connectivity index (χ1v) is 5.26. The second kappa shape index (κ2) is 6.12. The van der Waals surface area contributed by atoms with E-state index in [1.165, 1.54) is 0 Å². The lowest BCUT2D eigenvalue weighted by atomic mass is 10.2. The highest BCUT2D eigenvalue weighted by atomic mass is 19.4. The van der Waals surface area contributed by atoms with Gasteiger partial charge in [-0.3, -0.25) is 4.79 Å². The summed E-state index contributed by atoms with van der Waals surface area (Å²) in [5.41, 5.74) is -0.755. The fourth-order valence-electron chi connectivity index (χ4n) is 1.25. The third-order valence-corrected chi connectivity index (χ3v) is 1.97. The zero-order valence-electron chi connectivity index (χ0n) is 10.2. The van der Waals surface area contributed by atoms with Gasteiger partial charge in [-0.15, -0.1) is 13.2 Å². The Morgan fingerprint density at radius 2 is 1.64 bits per heavy atom. The molecule has 122 valence electrons. The standard InChI is InChI=1S/C11H6F6O5/c12-10(13,14)4-8(18)21-6-2-1-5(9(19)20)3-7(6)22-11(15,16)17/h1-3H,4H2,(H,19,20)/p-1. The van der Waals surface area contributed by atoms with Crippen molar-refractivity contribution < 1.29 is 50.5 Å². The molecule has 0 spiro atoms. The summed E-state index contributed by atoms with van der Waals surface area (Å²) in [4.78, 5) is 21.5. The van der Waals surface area contributed by atoms with Crippen molar-refractivity contribution in [1.29, 1.82) is 0 Å². The van der Waals surface area contributed by atoms with Crippen LogP contribution < -0.4 is 14.6 Å². The van der Waals surface area contributed by atoms with Gasteiger partial charge in [0.1, 0.15) is 6.42 Å². The maximum Gasteiger partial charge on any atom is 0.573 e. The van der Waals surface area contributed by atoms with E-state index in [2.05, 4.69) is 9.47 Å². The van der Waals surface area contributed by atoms with Crippen molar-refractivity contribution in [2.24, 2.45) is 0 Å². The van der Waals surface area contributed by atoms with E-state index in [1.807, 2.05) is 0 Å². The molecule has 1 aromatic rings. The lowest BCUT2D eigenvalue weighted by Crippen LogP contribution is -2.24. The van der Waals surface area contributed by atoms with Gasteiger partial charge in [0, 0.05) is 5.56 Å². The first-order valence-electron chi connectivity index (χ1n) is 5.26. The maximum absolute atomic E-state index is 12.2. The fraction of sp³-hybridized carbons (Fsp3) is 0.273. The Bertz CT molecular complexity index is 577. The highest BCUT2D eigenvalue weighted by molar-refractivity contribution is 5.87. The molecule has 1 aromatic carbocycles. The van der Waals surface area contributed by atoms with Gasteiger partial charge in [0.2, 0.25) is 0 Å². The largest absolute Gasteiger partial charge is 0.573 e. The number of esters is 1. The number of alkyl halides is 6. The Labute approximate surface area is 118 Å². The van der Waals surface area contributed by atoms with Crippen LogP contribution in [0.3, 0.4) is 0 Å². The molecule has 1 rings (SSSR count). The zero-order chi connectivity index (χ0) is 17.1. The average molecular weight is 331 g/mol. The maximum atomic E-state index is 12.2. The number of carbonyl (C=O) groups is 2. The third-order valence-electron chi connectivity index (χ3n) is 1.97. The van der Waals surface area contributed by atoms with Gasteiger partial charge in [-0.25, -0.2) is 0 Å². The Kier molecular flexibility index (Phi) is 4.89. The molecule has 0 radical (unpaired) electrons. The van der Waals surface area contributed by atoms with Crippen LogP contribution in [0.1, 0.15) is 16.8 Å². The van der Waals surface area contributed by atoms with E-state index in [0.717, 1.165) is 0 Å². The summed E-state index contributed by atoms with van der Waals surface area (Å²) in [5, 5.41) is 10.5. The Hall–Kier alpha value is -2.46. The minimum absolute atomic E-state index is 0.305. The molecule has 0 unspecified atom stereocenters. The summed E-state index contributed by atoms with van der Waals surface area (Å²) in [6, 6.07) is 1.52. The molecule has 0 saturated heterocycles. The van der Waals surface area contributed by atoms with Crippen LogP contribution >= 0.6 is 0 Å². The molecule has 0 aliphatic carbocycles. The number of benzene rings is 1. The molecule has 0 amide bonds. The number of carboxylic acid groups (broad SMARTS) is 1. The van der Waals surface area contributed by atoms with Gasteiger partial charge >= 0.3 is 18.5 Å². The van der Waals surface area contributed by atoms with Crippen molar-refractivity contribution in [2.45, 2.75) is 19.0 Å². The summed E-state index contributed by atoms with van der Waals surface area (Å²) in [6.45, 7) is 0. The highest BCUT2D eigenvalue weighted by Gasteiger charge is 2.35. The van der Waals surface area contributed by atoms with E-state index in [-0.39, 0.29) is 0 Å². The van der Waals surface area contributed by atoms with Crippen LogP contribution in [0.25, 0.3) is 0 Å².